The Morgan fingerprint density at radius 1 is 1.19 bits per heavy atom. The van der Waals surface area contributed by atoms with Gasteiger partial charge in [-0.05, 0) is 42.2 Å². The predicted octanol–water partition coefficient (Wildman–Crippen LogP) is 2.80. The Kier molecular flexibility index (Phi) is 4.32. The minimum atomic E-state index is -0.845. The van der Waals surface area contributed by atoms with Crippen LogP contribution in [0.15, 0.2) is 24.3 Å². The number of likely N-dealkylation sites (tertiary alicyclic amines) is 1. The number of rotatable bonds is 3. The maximum Gasteiger partial charge on any atom is 0.351 e. The van der Waals surface area contributed by atoms with Gasteiger partial charge in [0.05, 0.1) is 0 Å². The van der Waals surface area contributed by atoms with Crippen molar-refractivity contribution in [2.45, 2.75) is 52.2 Å². The lowest BCUT2D eigenvalue weighted by Gasteiger charge is -2.39. The molecule has 0 aromatic heterocycles. The number of esters is 1. The summed E-state index contributed by atoms with van der Waals surface area (Å²) in [7, 11) is 0. The Bertz CT molecular complexity index is 761. The van der Waals surface area contributed by atoms with Crippen LogP contribution in [-0.2, 0) is 14.3 Å². The molecule has 0 N–H and O–H groups in total. The predicted molar refractivity (Wildman–Crippen MR) is 98.6 cm³/mol. The van der Waals surface area contributed by atoms with Crippen molar-refractivity contribution in [2.75, 3.05) is 19.8 Å². The van der Waals surface area contributed by atoms with E-state index in [-0.39, 0.29) is 36.0 Å². The van der Waals surface area contributed by atoms with Gasteiger partial charge >= 0.3 is 5.97 Å². The van der Waals surface area contributed by atoms with Crippen molar-refractivity contribution in [3.05, 3.63) is 24.3 Å². The van der Waals surface area contributed by atoms with Crippen molar-refractivity contribution in [2.24, 2.45) is 10.8 Å². The van der Waals surface area contributed by atoms with Crippen molar-refractivity contribution in [3.8, 4) is 11.5 Å². The molecule has 1 saturated carbocycles. The summed E-state index contributed by atoms with van der Waals surface area (Å²) in [6.45, 7) is 7.38. The van der Waals surface area contributed by atoms with E-state index in [2.05, 4.69) is 20.8 Å². The van der Waals surface area contributed by atoms with Crippen molar-refractivity contribution in [1.82, 2.24) is 4.90 Å². The Hall–Kier alpha value is -2.24. The molecule has 2 bridgehead atoms. The number of hydrogen-bond donors (Lipinski definition) is 0. The van der Waals surface area contributed by atoms with Crippen LogP contribution >= 0.6 is 0 Å². The smallest absolute Gasteiger partial charge is 0.351 e. The van der Waals surface area contributed by atoms with E-state index in [0.29, 0.717) is 11.5 Å². The minimum Gasteiger partial charge on any atom is -0.485 e. The van der Waals surface area contributed by atoms with E-state index in [1.165, 1.54) is 0 Å². The molecule has 1 aliphatic carbocycles. The van der Waals surface area contributed by atoms with Crippen molar-refractivity contribution in [1.29, 1.82) is 0 Å². The fourth-order valence-corrected chi connectivity index (χ4v) is 5.20. The van der Waals surface area contributed by atoms with E-state index in [9.17, 15) is 9.59 Å². The maximum atomic E-state index is 12.7. The molecule has 6 nitrogen and oxygen atoms in total. The molecule has 1 aromatic carbocycles. The van der Waals surface area contributed by atoms with Crippen LogP contribution in [-0.4, -0.2) is 48.7 Å². The summed E-state index contributed by atoms with van der Waals surface area (Å²) in [6, 6.07) is 7.42. The molecule has 0 radical (unpaired) electrons. The summed E-state index contributed by atoms with van der Waals surface area (Å²) in [5, 5.41) is 0. The van der Waals surface area contributed by atoms with Crippen molar-refractivity contribution < 1.29 is 23.8 Å². The molecular weight excluding hydrogens is 346 g/mol. The quantitative estimate of drug-likeness (QED) is 0.763. The zero-order valence-electron chi connectivity index (χ0n) is 16.2. The third-order valence-corrected chi connectivity index (χ3v) is 5.84. The first-order chi connectivity index (χ1) is 12.7. The highest BCUT2D eigenvalue weighted by Gasteiger charge is 2.51. The number of nitrogens with zero attached hydrogens (tertiary/aromatic N) is 1. The van der Waals surface area contributed by atoms with Gasteiger partial charge in [-0.25, -0.2) is 4.79 Å². The molecule has 2 fully saturated rings. The van der Waals surface area contributed by atoms with E-state index in [0.717, 1.165) is 25.8 Å². The fourth-order valence-electron chi connectivity index (χ4n) is 5.20. The first kappa shape index (κ1) is 18.1. The molecule has 2 aliphatic heterocycles. The molecule has 0 unspecified atom stereocenters. The van der Waals surface area contributed by atoms with Gasteiger partial charge in [-0.3, -0.25) is 4.79 Å². The monoisotopic (exact) mass is 373 g/mol. The number of amides is 1. The number of fused-ring (bicyclic) bond motifs is 3. The molecule has 4 rings (SSSR count). The molecule has 2 heterocycles. The Morgan fingerprint density at radius 3 is 2.70 bits per heavy atom. The molecule has 146 valence electrons. The van der Waals surface area contributed by atoms with Crippen LogP contribution in [0.1, 0.15) is 40.0 Å². The first-order valence-corrected chi connectivity index (χ1v) is 9.59. The molecule has 3 atom stereocenters. The molecule has 0 spiro atoms. The second-order valence-corrected chi connectivity index (χ2v) is 9.21. The fraction of sp³-hybridized carbons (Fsp3) is 0.619. The summed E-state index contributed by atoms with van der Waals surface area (Å²) < 4.78 is 16.4. The SMILES string of the molecule is CC1(C)C[C@H]2C[C@@](C)(CN2C(=O)COC(=O)[C@@H]2COc3ccccc3O2)C1. The van der Waals surface area contributed by atoms with E-state index in [4.69, 9.17) is 14.2 Å². The lowest BCUT2D eigenvalue weighted by Crippen LogP contribution is -2.42. The van der Waals surface area contributed by atoms with E-state index in [1.807, 2.05) is 17.0 Å². The largest absolute Gasteiger partial charge is 0.485 e. The van der Waals surface area contributed by atoms with Gasteiger partial charge in [0.2, 0.25) is 6.10 Å². The number of carbonyl (C=O) groups excluding carboxylic acids is 2. The molecule has 6 heteroatoms. The molecule has 3 aliphatic rings. The molecule has 1 aromatic rings. The summed E-state index contributed by atoms with van der Waals surface area (Å²) in [6.07, 6.45) is 2.31. The molecule has 1 amide bonds. The highest BCUT2D eigenvalue weighted by atomic mass is 16.6. The first-order valence-electron chi connectivity index (χ1n) is 9.59. The molecule has 1 saturated heterocycles. The van der Waals surface area contributed by atoms with Crippen LogP contribution in [0, 0.1) is 10.8 Å². The van der Waals surface area contributed by atoms with Gasteiger partial charge in [-0.15, -0.1) is 0 Å². The second kappa shape index (κ2) is 6.43. The summed E-state index contributed by atoms with van der Waals surface area (Å²) in [5.41, 5.74) is 0.403. The Balaban J connectivity index is 1.33. The maximum absolute atomic E-state index is 12.7. The Morgan fingerprint density at radius 2 is 1.93 bits per heavy atom. The number of para-hydroxylation sites is 2. The average Bonchev–Trinajstić information content (AvgIpc) is 2.87. The zero-order chi connectivity index (χ0) is 19.2. The third-order valence-electron chi connectivity index (χ3n) is 5.84. The molecular formula is C21H27NO5. The number of carbonyl (C=O) groups is 2. The zero-order valence-corrected chi connectivity index (χ0v) is 16.2. The van der Waals surface area contributed by atoms with Crippen LogP contribution in [0.5, 0.6) is 11.5 Å². The van der Waals surface area contributed by atoms with Crippen molar-refractivity contribution >= 4 is 11.9 Å². The topological polar surface area (TPSA) is 65.1 Å². The Labute approximate surface area is 159 Å². The second-order valence-electron chi connectivity index (χ2n) is 9.21. The van der Waals surface area contributed by atoms with Gasteiger partial charge in [-0.1, -0.05) is 32.9 Å². The van der Waals surface area contributed by atoms with Crippen LogP contribution in [0.3, 0.4) is 0 Å². The van der Waals surface area contributed by atoms with Gasteiger partial charge in [0, 0.05) is 12.6 Å². The van der Waals surface area contributed by atoms with Gasteiger partial charge in [-0.2, -0.15) is 0 Å². The van der Waals surface area contributed by atoms with Crippen LogP contribution in [0.2, 0.25) is 0 Å². The molecule has 27 heavy (non-hydrogen) atoms. The van der Waals surface area contributed by atoms with E-state index >= 15 is 0 Å². The van der Waals surface area contributed by atoms with Gasteiger partial charge in [0.25, 0.3) is 5.91 Å². The highest BCUT2D eigenvalue weighted by molar-refractivity contribution is 5.83. The van der Waals surface area contributed by atoms with Crippen LogP contribution in [0.25, 0.3) is 0 Å². The lowest BCUT2D eigenvalue weighted by molar-refractivity contribution is -0.160. The van der Waals surface area contributed by atoms with Crippen molar-refractivity contribution in [3.63, 3.8) is 0 Å². The normalized spacial score (nSPS) is 30.7. The van der Waals surface area contributed by atoms with E-state index < -0.39 is 12.1 Å². The summed E-state index contributed by atoms with van der Waals surface area (Å²) in [4.78, 5) is 26.9. The number of benzene rings is 1. The lowest BCUT2D eigenvalue weighted by atomic mass is 9.65. The summed E-state index contributed by atoms with van der Waals surface area (Å²) in [5.74, 6) is 0.441. The number of hydrogen-bond acceptors (Lipinski definition) is 5. The highest BCUT2D eigenvalue weighted by Crippen LogP contribution is 2.52. The van der Waals surface area contributed by atoms with Crippen LogP contribution in [0.4, 0.5) is 0 Å². The van der Waals surface area contributed by atoms with Gasteiger partial charge < -0.3 is 19.1 Å². The van der Waals surface area contributed by atoms with E-state index in [1.54, 1.807) is 12.1 Å². The average molecular weight is 373 g/mol. The van der Waals surface area contributed by atoms with Gasteiger partial charge in [0.15, 0.2) is 18.1 Å². The number of ether oxygens (including phenoxy) is 3. The van der Waals surface area contributed by atoms with Gasteiger partial charge in [0.1, 0.15) is 6.61 Å². The standard InChI is InChI=1S/C21H27NO5/c1-20(2)8-14-9-21(3,12-20)13-22(14)18(23)11-26-19(24)17-10-25-15-6-4-5-7-16(15)27-17/h4-7,14,17H,8-13H2,1-3H3/t14-,17-,21+/m0/s1. The minimum absolute atomic E-state index is 0.0859. The van der Waals surface area contributed by atoms with Crippen LogP contribution < -0.4 is 9.47 Å². The summed E-state index contributed by atoms with van der Waals surface area (Å²) >= 11 is 0. The third kappa shape index (κ3) is 3.62.